The number of benzene rings is 1. The highest BCUT2D eigenvalue weighted by atomic mass is 16.5. The molecule has 0 atom stereocenters. The fourth-order valence-electron chi connectivity index (χ4n) is 1.39. The highest BCUT2D eigenvalue weighted by molar-refractivity contribution is 6.08. The fraction of sp³-hybridized carbons (Fsp3) is 0.200. The molecule has 1 aromatic carbocycles. The Labute approximate surface area is 112 Å². The standard InChI is InChI=1S/C15H16O4/c1-4-19-15(18)14(17)9-13(16)12-7-5-11(6-8-12)10(2)3/h5-9,17H,2,4H2,1,3H3/b14-9-. The van der Waals surface area contributed by atoms with Gasteiger partial charge in [-0.3, -0.25) is 4.79 Å². The van der Waals surface area contributed by atoms with Gasteiger partial charge in [-0.15, -0.1) is 0 Å². The second-order valence-electron chi connectivity index (χ2n) is 3.97. The van der Waals surface area contributed by atoms with Crippen LogP contribution in [0.3, 0.4) is 0 Å². The number of ether oxygens (including phenoxy) is 1. The van der Waals surface area contributed by atoms with Gasteiger partial charge in [-0.1, -0.05) is 36.4 Å². The Morgan fingerprint density at radius 3 is 2.26 bits per heavy atom. The second kappa shape index (κ2) is 6.54. The van der Waals surface area contributed by atoms with E-state index in [-0.39, 0.29) is 6.61 Å². The molecule has 0 bridgehead atoms. The molecule has 1 rings (SSSR count). The first-order chi connectivity index (χ1) is 8.95. The van der Waals surface area contributed by atoms with Crippen molar-refractivity contribution in [3.05, 3.63) is 53.8 Å². The number of carbonyl (C=O) groups is 2. The van der Waals surface area contributed by atoms with Crippen LogP contribution in [-0.2, 0) is 9.53 Å². The third-order valence-corrected chi connectivity index (χ3v) is 2.41. The van der Waals surface area contributed by atoms with Crippen LogP contribution in [0.5, 0.6) is 0 Å². The first-order valence-corrected chi connectivity index (χ1v) is 5.83. The van der Waals surface area contributed by atoms with E-state index in [0.29, 0.717) is 5.56 Å². The molecule has 0 heterocycles. The summed E-state index contributed by atoms with van der Waals surface area (Å²) in [5, 5.41) is 9.37. The van der Waals surface area contributed by atoms with E-state index < -0.39 is 17.5 Å². The summed E-state index contributed by atoms with van der Waals surface area (Å²) in [6.07, 6.45) is 0.855. The van der Waals surface area contributed by atoms with Gasteiger partial charge < -0.3 is 9.84 Å². The Bertz CT molecular complexity index is 524. The minimum absolute atomic E-state index is 0.137. The number of rotatable bonds is 5. The number of carbonyl (C=O) groups excluding carboxylic acids is 2. The van der Waals surface area contributed by atoms with E-state index >= 15 is 0 Å². The van der Waals surface area contributed by atoms with Crippen molar-refractivity contribution >= 4 is 17.3 Å². The van der Waals surface area contributed by atoms with Gasteiger partial charge in [-0.2, -0.15) is 0 Å². The van der Waals surface area contributed by atoms with Crippen molar-refractivity contribution in [2.24, 2.45) is 0 Å². The SMILES string of the molecule is C=C(C)c1ccc(C(=O)/C=C(\O)C(=O)OCC)cc1. The van der Waals surface area contributed by atoms with Crippen LogP contribution >= 0.6 is 0 Å². The molecule has 0 aromatic heterocycles. The molecule has 0 aliphatic carbocycles. The predicted molar refractivity (Wildman–Crippen MR) is 72.8 cm³/mol. The molecule has 0 aliphatic rings. The van der Waals surface area contributed by atoms with Gasteiger partial charge in [0.25, 0.3) is 0 Å². The smallest absolute Gasteiger partial charge is 0.373 e. The summed E-state index contributed by atoms with van der Waals surface area (Å²) >= 11 is 0. The lowest BCUT2D eigenvalue weighted by Crippen LogP contribution is -2.09. The van der Waals surface area contributed by atoms with Crippen molar-refractivity contribution in [1.29, 1.82) is 0 Å². The molecular formula is C15H16O4. The van der Waals surface area contributed by atoms with E-state index in [0.717, 1.165) is 17.2 Å². The lowest BCUT2D eigenvalue weighted by Gasteiger charge is -2.02. The molecule has 0 radical (unpaired) electrons. The van der Waals surface area contributed by atoms with Crippen molar-refractivity contribution in [1.82, 2.24) is 0 Å². The van der Waals surface area contributed by atoms with E-state index in [4.69, 9.17) is 0 Å². The number of allylic oxidation sites excluding steroid dienone is 2. The topological polar surface area (TPSA) is 63.6 Å². The normalized spacial score (nSPS) is 10.9. The summed E-state index contributed by atoms with van der Waals surface area (Å²) in [4.78, 5) is 22.9. The van der Waals surface area contributed by atoms with Crippen LogP contribution in [0.25, 0.3) is 5.57 Å². The summed E-state index contributed by atoms with van der Waals surface area (Å²) in [7, 11) is 0. The molecule has 0 amide bonds. The Morgan fingerprint density at radius 1 is 1.26 bits per heavy atom. The van der Waals surface area contributed by atoms with Crippen LogP contribution in [0.15, 0.2) is 42.7 Å². The third-order valence-electron chi connectivity index (χ3n) is 2.41. The quantitative estimate of drug-likeness (QED) is 0.382. The van der Waals surface area contributed by atoms with Crippen LogP contribution in [0, 0.1) is 0 Å². The molecule has 0 spiro atoms. The van der Waals surface area contributed by atoms with E-state index in [1.165, 1.54) is 0 Å². The molecule has 1 N–H and O–H groups in total. The van der Waals surface area contributed by atoms with Crippen molar-refractivity contribution in [2.45, 2.75) is 13.8 Å². The van der Waals surface area contributed by atoms with E-state index in [1.807, 2.05) is 6.92 Å². The first-order valence-electron chi connectivity index (χ1n) is 5.83. The third kappa shape index (κ3) is 4.10. The van der Waals surface area contributed by atoms with Crippen molar-refractivity contribution in [2.75, 3.05) is 6.61 Å². The maximum Gasteiger partial charge on any atom is 0.373 e. The van der Waals surface area contributed by atoms with Gasteiger partial charge >= 0.3 is 5.97 Å². The highest BCUT2D eigenvalue weighted by Gasteiger charge is 2.11. The molecular weight excluding hydrogens is 244 g/mol. The van der Waals surface area contributed by atoms with Gasteiger partial charge in [0.2, 0.25) is 5.76 Å². The lowest BCUT2D eigenvalue weighted by atomic mass is 10.0. The second-order valence-corrected chi connectivity index (χ2v) is 3.97. The zero-order valence-electron chi connectivity index (χ0n) is 11.0. The van der Waals surface area contributed by atoms with E-state index in [9.17, 15) is 14.7 Å². The maximum atomic E-state index is 11.8. The molecule has 4 heteroatoms. The van der Waals surface area contributed by atoms with Crippen LogP contribution in [0.2, 0.25) is 0 Å². The highest BCUT2D eigenvalue weighted by Crippen LogP contribution is 2.13. The summed E-state index contributed by atoms with van der Waals surface area (Å²) < 4.78 is 4.57. The van der Waals surface area contributed by atoms with Gasteiger partial charge in [0.15, 0.2) is 5.78 Å². The predicted octanol–water partition coefficient (Wildman–Crippen LogP) is 2.91. The number of hydrogen-bond donors (Lipinski definition) is 1. The monoisotopic (exact) mass is 260 g/mol. The minimum atomic E-state index is -0.908. The molecule has 19 heavy (non-hydrogen) atoms. The van der Waals surface area contributed by atoms with E-state index in [1.54, 1.807) is 31.2 Å². The lowest BCUT2D eigenvalue weighted by molar-refractivity contribution is -0.141. The van der Waals surface area contributed by atoms with Crippen LogP contribution < -0.4 is 0 Å². The summed E-state index contributed by atoms with van der Waals surface area (Å²) in [5.74, 6) is -2.07. The Hall–Kier alpha value is -2.36. The van der Waals surface area contributed by atoms with Crippen molar-refractivity contribution in [3.63, 3.8) is 0 Å². The number of aliphatic hydroxyl groups is 1. The maximum absolute atomic E-state index is 11.8. The van der Waals surface area contributed by atoms with Gasteiger partial charge in [-0.25, -0.2) is 4.79 Å². The molecule has 4 nitrogen and oxygen atoms in total. The van der Waals surface area contributed by atoms with Crippen molar-refractivity contribution in [3.8, 4) is 0 Å². The number of hydrogen-bond acceptors (Lipinski definition) is 4. The molecule has 0 aliphatic heterocycles. The molecule has 0 unspecified atom stereocenters. The number of ketones is 1. The van der Waals surface area contributed by atoms with Gasteiger partial charge in [0.1, 0.15) is 0 Å². The number of esters is 1. The van der Waals surface area contributed by atoms with Crippen LogP contribution in [0.1, 0.15) is 29.8 Å². The van der Waals surface area contributed by atoms with Gasteiger partial charge in [0.05, 0.1) is 6.61 Å². The average Bonchev–Trinajstić information content (AvgIpc) is 2.38. The van der Waals surface area contributed by atoms with Gasteiger partial charge in [0, 0.05) is 11.6 Å². The fourth-order valence-corrected chi connectivity index (χ4v) is 1.39. The van der Waals surface area contributed by atoms with Gasteiger partial charge in [-0.05, 0) is 19.4 Å². The van der Waals surface area contributed by atoms with E-state index in [2.05, 4.69) is 11.3 Å². The zero-order valence-corrected chi connectivity index (χ0v) is 11.0. The van der Waals surface area contributed by atoms with Crippen molar-refractivity contribution < 1.29 is 19.4 Å². The zero-order chi connectivity index (χ0) is 14.4. The van der Waals surface area contributed by atoms with Crippen LogP contribution in [-0.4, -0.2) is 23.5 Å². The Morgan fingerprint density at radius 2 is 1.79 bits per heavy atom. The first kappa shape index (κ1) is 14.7. The summed E-state index contributed by atoms with van der Waals surface area (Å²) in [6.45, 7) is 7.41. The molecule has 0 saturated heterocycles. The summed E-state index contributed by atoms with van der Waals surface area (Å²) in [6, 6.07) is 6.73. The average molecular weight is 260 g/mol. The number of aliphatic hydroxyl groups excluding tert-OH is 1. The Balaban J connectivity index is 2.86. The minimum Gasteiger partial charge on any atom is -0.502 e. The molecule has 0 saturated carbocycles. The Kier molecular flexibility index (Phi) is 5.06. The van der Waals surface area contributed by atoms with Crippen LogP contribution in [0.4, 0.5) is 0 Å². The summed E-state index contributed by atoms with van der Waals surface area (Å²) in [5.41, 5.74) is 2.19. The molecule has 1 aromatic rings. The molecule has 100 valence electrons. The molecule has 0 fully saturated rings. The largest absolute Gasteiger partial charge is 0.502 e.